The van der Waals surface area contributed by atoms with Crippen LogP contribution in [0.5, 0.6) is 0 Å². The van der Waals surface area contributed by atoms with Crippen molar-refractivity contribution in [1.82, 2.24) is 29.7 Å². The third kappa shape index (κ3) is 5.68. The molecule has 0 radical (unpaired) electrons. The van der Waals surface area contributed by atoms with E-state index < -0.39 is 0 Å². The van der Waals surface area contributed by atoms with Crippen LogP contribution in [0.25, 0.3) is 22.6 Å². The number of oxazole rings is 1. The molecule has 0 saturated carbocycles. The van der Waals surface area contributed by atoms with Gasteiger partial charge in [-0.1, -0.05) is 54.4 Å². The van der Waals surface area contributed by atoms with Gasteiger partial charge in [0.25, 0.3) is 5.91 Å². The van der Waals surface area contributed by atoms with Gasteiger partial charge in [0.05, 0.1) is 40.1 Å². The van der Waals surface area contributed by atoms with Crippen molar-refractivity contribution in [3.05, 3.63) is 75.1 Å². The number of aromatic nitrogens is 3. The molecule has 0 fully saturated rings. The van der Waals surface area contributed by atoms with Crippen LogP contribution in [0.2, 0.25) is 10.0 Å². The Balaban J connectivity index is 1.21. The number of anilines is 1. The first-order valence-electron chi connectivity index (χ1n) is 14.3. The molecule has 224 valence electrons. The van der Waals surface area contributed by atoms with Crippen LogP contribution in [0, 0.1) is 0 Å². The third-order valence-electron chi connectivity index (χ3n) is 8.15. The highest BCUT2D eigenvalue weighted by atomic mass is 35.5. The van der Waals surface area contributed by atoms with Gasteiger partial charge in [-0.05, 0) is 25.7 Å². The smallest absolute Gasteiger partial charge is 0.291 e. The van der Waals surface area contributed by atoms with Gasteiger partial charge >= 0.3 is 0 Å². The van der Waals surface area contributed by atoms with Crippen molar-refractivity contribution < 1.29 is 14.0 Å². The average molecular weight is 623 g/mol. The van der Waals surface area contributed by atoms with E-state index in [0.717, 1.165) is 36.6 Å². The predicted molar refractivity (Wildman–Crippen MR) is 166 cm³/mol. The number of carbonyl (C=O) groups is 2. The maximum atomic E-state index is 13.2. The standard InChI is InChI=1S/C31H33Cl2N7O3/c1-4-38(2)14-12-26(41)40-16-23-25(17-40)43-31(37-23)20-9-5-7-18(27(20)32)19-8-6-10-21(28(19)33)36-30(42)29-35-22-15-34-13-11-24(22)39(29)3/h5-10,34H,4,11-17H2,1-3H3,(H,36,42). The van der Waals surface area contributed by atoms with Crippen molar-refractivity contribution >= 4 is 40.7 Å². The lowest BCUT2D eigenvalue weighted by Gasteiger charge is -2.18. The van der Waals surface area contributed by atoms with E-state index in [2.05, 4.69) is 27.4 Å². The summed E-state index contributed by atoms with van der Waals surface area (Å²) in [5.74, 6) is 1.14. The van der Waals surface area contributed by atoms with Crippen molar-refractivity contribution in [1.29, 1.82) is 0 Å². The van der Waals surface area contributed by atoms with E-state index in [-0.39, 0.29) is 11.8 Å². The Kier molecular flexibility index (Phi) is 8.28. The minimum absolute atomic E-state index is 0.0798. The van der Waals surface area contributed by atoms with Crippen LogP contribution in [-0.2, 0) is 37.9 Å². The Morgan fingerprint density at radius 2 is 1.79 bits per heavy atom. The Morgan fingerprint density at radius 3 is 2.53 bits per heavy atom. The lowest BCUT2D eigenvalue weighted by Crippen LogP contribution is -2.30. The first-order valence-corrected chi connectivity index (χ1v) is 15.1. The summed E-state index contributed by atoms with van der Waals surface area (Å²) < 4.78 is 7.95. The summed E-state index contributed by atoms with van der Waals surface area (Å²) in [5, 5.41) is 6.99. The second kappa shape index (κ2) is 12.1. The normalized spacial score (nSPS) is 14.2. The van der Waals surface area contributed by atoms with Gasteiger partial charge in [-0.3, -0.25) is 9.59 Å². The Labute approximate surface area is 260 Å². The quantitative estimate of drug-likeness (QED) is 0.281. The van der Waals surface area contributed by atoms with Gasteiger partial charge in [0.1, 0.15) is 11.5 Å². The number of amides is 2. The summed E-state index contributed by atoms with van der Waals surface area (Å²) in [4.78, 5) is 39.0. The van der Waals surface area contributed by atoms with Crippen LogP contribution in [0.3, 0.4) is 0 Å². The Bertz CT molecular complexity index is 1690. The first kappa shape index (κ1) is 29.4. The Morgan fingerprint density at radius 1 is 1.05 bits per heavy atom. The van der Waals surface area contributed by atoms with Gasteiger partial charge in [0.2, 0.25) is 11.8 Å². The molecule has 0 unspecified atom stereocenters. The molecule has 2 aliphatic heterocycles. The SMILES string of the molecule is CCN(C)CCC(=O)N1Cc2nc(-c3cccc(-c4cccc(NC(=O)c5nc6c(n5C)CCNC6)c4Cl)c3Cl)oc2C1. The highest BCUT2D eigenvalue weighted by molar-refractivity contribution is 6.39. The molecular formula is C31H33Cl2N7O3. The van der Waals surface area contributed by atoms with E-state index in [1.165, 1.54) is 0 Å². The third-order valence-corrected chi connectivity index (χ3v) is 8.96. The second-order valence-electron chi connectivity index (χ2n) is 10.9. The van der Waals surface area contributed by atoms with Gasteiger partial charge < -0.3 is 29.4 Å². The van der Waals surface area contributed by atoms with Gasteiger partial charge in [-0.15, -0.1) is 0 Å². The van der Waals surface area contributed by atoms with Gasteiger partial charge in [-0.2, -0.15) is 0 Å². The summed E-state index contributed by atoms with van der Waals surface area (Å²) in [6.45, 7) is 5.97. The number of benzene rings is 2. The number of nitrogens with zero attached hydrogens (tertiary/aromatic N) is 5. The zero-order valence-corrected chi connectivity index (χ0v) is 25.8. The molecule has 0 bridgehead atoms. The van der Waals surface area contributed by atoms with Crippen LogP contribution in [0.15, 0.2) is 40.8 Å². The summed E-state index contributed by atoms with van der Waals surface area (Å²) in [6.07, 6.45) is 1.27. The topological polar surface area (TPSA) is 109 Å². The maximum absolute atomic E-state index is 13.2. The number of imidazole rings is 1. The first-order chi connectivity index (χ1) is 20.7. The fraction of sp³-hybridized carbons (Fsp3) is 0.355. The molecule has 0 atom stereocenters. The van der Waals surface area contributed by atoms with Crippen LogP contribution in [0.1, 0.15) is 46.8 Å². The number of rotatable bonds is 8. The zero-order valence-electron chi connectivity index (χ0n) is 24.3. The molecular weight excluding hydrogens is 589 g/mol. The molecule has 2 N–H and O–H groups in total. The lowest BCUT2D eigenvalue weighted by molar-refractivity contribution is -0.132. The largest absolute Gasteiger partial charge is 0.439 e. The highest BCUT2D eigenvalue weighted by Gasteiger charge is 2.30. The van der Waals surface area contributed by atoms with Crippen LogP contribution in [-0.4, -0.2) is 62.8 Å². The molecule has 0 saturated heterocycles. The van der Waals surface area contributed by atoms with E-state index in [1.807, 2.05) is 49.0 Å². The fourth-order valence-corrected chi connectivity index (χ4v) is 6.10. The van der Waals surface area contributed by atoms with E-state index in [4.69, 9.17) is 32.6 Å². The summed E-state index contributed by atoms with van der Waals surface area (Å²) >= 11 is 13.8. The number of hydrogen-bond donors (Lipinski definition) is 2. The molecule has 43 heavy (non-hydrogen) atoms. The molecule has 2 aromatic carbocycles. The highest BCUT2D eigenvalue weighted by Crippen LogP contribution is 2.42. The van der Waals surface area contributed by atoms with Crippen molar-refractivity contribution in [2.45, 2.75) is 39.4 Å². The number of nitrogens with one attached hydrogen (secondary N) is 2. The molecule has 12 heteroatoms. The maximum Gasteiger partial charge on any atom is 0.291 e. The van der Waals surface area contributed by atoms with E-state index >= 15 is 0 Å². The van der Waals surface area contributed by atoms with E-state index in [1.54, 1.807) is 11.0 Å². The molecule has 10 nitrogen and oxygen atoms in total. The number of hydrogen-bond acceptors (Lipinski definition) is 7. The van der Waals surface area contributed by atoms with Crippen LogP contribution in [0.4, 0.5) is 5.69 Å². The molecule has 2 aromatic heterocycles. The number of fused-ring (bicyclic) bond motifs is 2. The summed E-state index contributed by atoms with van der Waals surface area (Å²) in [6, 6.07) is 11.0. The molecule has 2 amide bonds. The zero-order chi connectivity index (χ0) is 30.2. The summed E-state index contributed by atoms with van der Waals surface area (Å²) in [5.41, 5.74) is 5.09. The molecule has 6 rings (SSSR count). The van der Waals surface area contributed by atoms with Gasteiger partial charge in [0.15, 0.2) is 5.82 Å². The second-order valence-corrected chi connectivity index (χ2v) is 11.6. The summed E-state index contributed by atoms with van der Waals surface area (Å²) in [7, 11) is 3.86. The van der Waals surface area contributed by atoms with Gasteiger partial charge in [-0.25, -0.2) is 9.97 Å². The van der Waals surface area contributed by atoms with Crippen molar-refractivity contribution in [2.75, 3.05) is 32.0 Å². The Hall–Kier alpha value is -3.70. The molecule has 0 aliphatic carbocycles. The van der Waals surface area contributed by atoms with Crippen molar-refractivity contribution in [3.8, 4) is 22.6 Å². The van der Waals surface area contributed by atoms with Crippen molar-refractivity contribution in [2.24, 2.45) is 7.05 Å². The fourth-order valence-electron chi connectivity index (χ4n) is 5.51. The van der Waals surface area contributed by atoms with E-state index in [0.29, 0.717) is 82.5 Å². The van der Waals surface area contributed by atoms with Crippen LogP contribution >= 0.6 is 23.2 Å². The lowest BCUT2D eigenvalue weighted by atomic mass is 10.0. The minimum atomic E-state index is -0.338. The average Bonchev–Trinajstić information content (AvgIpc) is 3.69. The van der Waals surface area contributed by atoms with E-state index in [9.17, 15) is 9.59 Å². The monoisotopic (exact) mass is 621 g/mol. The molecule has 0 spiro atoms. The predicted octanol–water partition coefficient (Wildman–Crippen LogP) is 5.13. The number of halogens is 2. The van der Waals surface area contributed by atoms with Gasteiger partial charge in [0, 0.05) is 56.3 Å². The molecule has 4 aromatic rings. The molecule has 4 heterocycles. The van der Waals surface area contributed by atoms with Crippen LogP contribution < -0.4 is 10.6 Å². The minimum Gasteiger partial charge on any atom is -0.439 e. The molecule has 2 aliphatic rings. The van der Waals surface area contributed by atoms with Crippen molar-refractivity contribution in [3.63, 3.8) is 0 Å². The number of carbonyl (C=O) groups excluding carboxylic acids is 2.